The van der Waals surface area contributed by atoms with Crippen molar-refractivity contribution in [2.75, 3.05) is 13.2 Å². The Morgan fingerprint density at radius 2 is 1.71 bits per heavy atom. The van der Waals surface area contributed by atoms with Crippen LogP contribution in [0, 0.1) is 5.92 Å². The van der Waals surface area contributed by atoms with Gasteiger partial charge >= 0.3 is 6.03 Å². The molecule has 112 valence electrons. The number of hydrogen-bond donors (Lipinski definition) is 3. The third-order valence-electron chi connectivity index (χ3n) is 3.11. The molecule has 1 aromatic carbocycles. The third kappa shape index (κ3) is 3.87. The SMILES string of the molecule is O=C1NC(=O)C(C(Cc2ccccc2)OCCO)C(=O)N1. The quantitative estimate of drug-likeness (QED) is 0.618. The Balaban J connectivity index is 2.16. The topological polar surface area (TPSA) is 105 Å². The van der Waals surface area contributed by atoms with Crippen molar-refractivity contribution in [1.29, 1.82) is 0 Å². The molecule has 1 aliphatic rings. The number of carbonyl (C=O) groups excluding carboxylic acids is 3. The van der Waals surface area contributed by atoms with E-state index in [2.05, 4.69) is 10.6 Å². The van der Waals surface area contributed by atoms with Crippen LogP contribution in [0.2, 0.25) is 0 Å². The first-order chi connectivity index (χ1) is 10.1. The standard InChI is InChI=1S/C14H16N2O5/c17-6-7-21-10(8-9-4-2-1-3-5-9)11-12(18)15-14(20)16-13(11)19/h1-5,10-11,17H,6-8H2,(H2,15,16,18,19,20). The van der Waals surface area contributed by atoms with Crippen molar-refractivity contribution in [3.05, 3.63) is 35.9 Å². The fourth-order valence-electron chi connectivity index (χ4n) is 2.19. The van der Waals surface area contributed by atoms with Gasteiger partial charge in [0.1, 0.15) is 5.92 Å². The number of carbonyl (C=O) groups is 3. The Morgan fingerprint density at radius 3 is 2.29 bits per heavy atom. The Labute approximate surface area is 121 Å². The number of nitrogens with one attached hydrogen (secondary N) is 2. The molecule has 0 spiro atoms. The monoisotopic (exact) mass is 292 g/mol. The van der Waals surface area contributed by atoms with Crippen LogP contribution < -0.4 is 10.6 Å². The lowest BCUT2D eigenvalue weighted by atomic mass is 9.93. The predicted molar refractivity (Wildman–Crippen MR) is 72.1 cm³/mol. The van der Waals surface area contributed by atoms with E-state index in [4.69, 9.17) is 9.84 Å². The Hall–Kier alpha value is -2.25. The molecule has 1 fully saturated rings. The lowest BCUT2D eigenvalue weighted by Crippen LogP contribution is -2.59. The molecule has 0 aromatic heterocycles. The van der Waals surface area contributed by atoms with E-state index in [1.54, 1.807) is 0 Å². The van der Waals surface area contributed by atoms with Crippen LogP contribution in [0.5, 0.6) is 0 Å². The number of amides is 4. The molecule has 4 amide bonds. The maximum Gasteiger partial charge on any atom is 0.328 e. The first kappa shape index (κ1) is 15.1. The summed E-state index contributed by atoms with van der Waals surface area (Å²) in [6, 6.07) is 8.39. The van der Waals surface area contributed by atoms with Gasteiger partial charge in [-0.05, 0) is 12.0 Å². The maximum atomic E-state index is 11.9. The van der Waals surface area contributed by atoms with Gasteiger partial charge in [0, 0.05) is 0 Å². The molecule has 1 unspecified atom stereocenters. The number of imide groups is 2. The van der Waals surface area contributed by atoms with Crippen molar-refractivity contribution in [3.8, 4) is 0 Å². The fraction of sp³-hybridized carbons (Fsp3) is 0.357. The minimum Gasteiger partial charge on any atom is -0.394 e. The average Bonchev–Trinajstić information content (AvgIpc) is 2.44. The zero-order valence-corrected chi connectivity index (χ0v) is 11.2. The van der Waals surface area contributed by atoms with Crippen molar-refractivity contribution < 1.29 is 24.2 Å². The van der Waals surface area contributed by atoms with Crippen LogP contribution in [0.1, 0.15) is 5.56 Å². The number of hydrogen-bond acceptors (Lipinski definition) is 5. The van der Waals surface area contributed by atoms with Crippen molar-refractivity contribution >= 4 is 17.8 Å². The van der Waals surface area contributed by atoms with Crippen molar-refractivity contribution in [2.45, 2.75) is 12.5 Å². The number of barbiturate groups is 1. The second-order valence-electron chi connectivity index (χ2n) is 4.61. The number of ether oxygens (including phenoxy) is 1. The van der Waals surface area contributed by atoms with Gasteiger partial charge in [-0.1, -0.05) is 30.3 Å². The molecule has 1 aromatic rings. The first-order valence-electron chi connectivity index (χ1n) is 6.54. The van der Waals surface area contributed by atoms with Gasteiger partial charge in [0.25, 0.3) is 0 Å². The van der Waals surface area contributed by atoms with Crippen molar-refractivity contribution in [1.82, 2.24) is 10.6 Å². The molecule has 1 atom stereocenters. The van der Waals surface area contributed by atoms with E-state index in [1.807, 2.05) is 30.3 Å². The zero-order chi connectivity index (χ0) is 15.2. The summed E-state index contributed by atoms with van der Waals surface area (Å²) in [5.74, 6) is -2.51. The van der Waals surface area contributed by atoms with Crippen molar-refractivity contribution in [2.24, 2.45) is 5.92 Å². The highest BCUT2D eigenvalue weighted by molar-refractivity contribution is 6.16. The summed E-state index contributed by atoms with van der Waals surface area (Å²) < 4.78 is 5.43. The van der Waals surface area contributed by atoms with Crippen LogP contribution in [-0.4, -0.2) is 42.3 Å². The molecule has 3 N–H and O–H groups in total. The molecule has 1 saturated heterocycles. The highest BCUT2D eigenvalue weighted by atomic mass is 16.5. The molecule has 2 rings (SSSR count). The summed E-state index contributed by atoms with van der Waals surface area (Å²) in [6.45, 7) is -0.220. The number of urea groups is 1. The number of aliphatic hydroxyl groups excluding tert-OH is 1. The molecular formula is C14H16N2O5. The Bertz CT molecular complexity index is 511. The highest BCUT2D eigenvalue weighted by Gasteiger charge is 2.40. The van der Waals surface area contributed by atoms with E-state index in [0.29, 0.717) is 6.42 Å². The molecule has 0 aliphatic carbocycles. The predicted octanol–water partition coefficient (Wildman–Crippen LogP) is -0.411. The van der Waals surface area contributed by atoms with Gasteiger partial charge < -0.3 is 9.84 Å². The molecule has 1 heterocycles. The smallest absolute Gasteiger partial charge is 0.328 e. The van der Waals surface area contributed by atoms with Gasteiger partial charge in [0.05, 0.1) is 19.3 Å². The zero-order valence-electron chi connectivity index (χ0n) is 11.2. The minimum atomic E-state index is -1.13. The van der Waals surface area contributed by atoms with E-state index < -0.39 is 29.9 Å². The first-order valence-corrected chi connectivity index (χ1v) is 6.54. The molecule has 0 saturated carbocycles. The van der Waals surface area contributed by atoms with Crippen LogP contribution in [0.4, 0.5) is 4.79 Å². The van der Waals surface area contributed by atoms with Gasteiger partial charge in [-0.15, -0.1) is 0 Å². The fourth-order valence-corrected chi connectivity index (χ4v) is 2.19. The molecular weight excluding hydrogens is 276 g/mol. The van der Waals surface area contributed by atoms with Gasteiger partial charge in [-0.2, -0.15) is 0 Å². The van der Waals surface area contributed by atoms with Gasteiger partial charge in [0.15, 0.2) is 0 Å². The summed E-state index contributed by atoms with van der Waals surface area (Å²) in [4.78, 5) is 34.8. The Morgan fingerprint density at radius 1 is 1.10 bits per heavy atom. The average molecular weight is 292 g/mol. The second-order valence-corrected chi connectivity index (χ2v) is 4.61. The molecule has 1 aliphatic heterocycles. The molecule has 0 bridgehead atoms. The number of aliphatic hydroxyl groups is 1. The summed E-state index contributed by atoms with van der Waals surface area (Å²) in [6.07, 6.45) is -0.437. The highest BCUT2D eigenvalue weighted by Crippen LogP contribution is 2.17. The summed E-state index contributed by atoms with van der Waals surface area (Å²) >= 11 is 0. The van der Waals surface area contributed by atoms with E-state index in [-0.39, 0.29) is 13.2 Å². The number of benzene rings is 1. The maximum absolute atomic E-state index is 11.9. The molecule has 7 heteroatoms. The summed E-state index contributed by atoms with van der Waals surface area (Å²) in [5, 5.41) is 13.0. The molecule has 21 heavy (non-hydrogen) atoms. The van der Waals surface area contributed by atoms with Crippen LogP contribution in [0.15, 0.2) is 30.3 Å². The summed E-state index contributed by atoms with van der Waals surface area (Å²) in [5.41, 5.74) is 0.887. The van der Waals surface area contributed by atoms with E-state index >= 15 is 0 Å². The van der Waals surface area contributed by atoms with E-state index in [1.165, 1.54) is 0 Å². The molecule has 0 radical (unpaired) electrons. The Kier molecular flexibility index (Phi) is 5.02. The van der Waals surface area contributed by atoms with E-state index in [9.17, 15) is 14.4 Å². The number of rotatable bonds is 6. The van der Waals surface area contributed by atoms with Crippen LogP contribution in [0.25, 0.3) is 0 Å². The minimum absolute atomic E-state index is 0.00249. The van der Waals surface area contributed by atoms with Gasteiger partial charge in [-0.3, -0.25) is 20.2 Å². The van der Waals surface area contributed by atoms with Crippen LogP contribution in [-0.2, 0) is 20.7 Å². The largest absolute Gasteiger partial charge is 0.394 e. The van der Waals surface area contributed by atoms with Crippen LogP contribution >= 0.6 is 0 Å². The summed E-state index contributed by atoms with van der Waals surface area (Å²) in [7, 11) is 0. The lowest BCUT2D eigenvalue weighted by molar-refractivity contribution is -0.143. The normalized spacial score (nSPS) is 17.3. The lowest BCUT2D eigenvalue weighted by Gasteiger charge is -2.28. The van der Waals surface area contributed by atoms with E-state index in [0.717, 1.165) is 5.56 Å². The van der Waals surface area contributed by atoms with Gasteiger partial charge in [0.2, 0.25) is 11.8 Å². The van der Waals surface area contributed by atoms with Gasteiger partial charge in [-0.25, -0.2) is 4.79 Å². The van der Waals surface area contributed by atoms with Crippen molar-refractivity contribution in [3.63, 3.8) is 0 Å². The second kappa shape index (κ2) is 6.96. The third-order valence-corrected chi connectivity index (χ3v) is 3.11. The molecule has 7 nitrogen and oxygen atoms in total. The van der Waals surface area contributed by atoms with Crippen LogP contribution in [0.3, 0.4) is 0 Å².